The Bertz CT molecular complexity index is 450. The molecule has 0 N–H and O–H groups in total. The summed E-state index contributed by atoms with van der Waals surface area (Å²) in [6.45, 7) is 2.13. The Morgan fingerprint density at radius 3 is 3.00 bits per heavy atom. The van der Waals surface area contributed by atoms with E-state index in [2.05, 4.69) is 11.9 Å². The van der Waals surface area contributed by atoms with Gasteiger partial charge in [-0.15, -0.1) is 11.3 Å². The summed E-state index contributed by atoms with van der Waals surface area (Å²) in [6.07, 6.45) is 2.09. The van der Waals surface area contributed by atoms with E-state index in [9.17, 15) is 4.39 Å². The van der Waals surface area contributed by atoms with Gasteiger partial charge in [-0.2, -0.15) is 0 Å². The van der Waals surface area contributed by atoms with Gasteiger partial charge in [0.25, 0.3) is 0 Å². The highest BCUT2D eigenvalue weighted by Crippen LogP contribution is 2.22. The quantitative estimate of drug-likeness (QED) is 0.766. The molecule has 0 unspecified atom stereocenters. The molecular formula is C12H12FNS. The zero-order valence-corrected chi connectivity index (χ0v) is 9.35. The summed E-state index contributed by atoms with van der Waals surface area (Å²) in [5.74, 6) is -0.211. The van der Waals surface area contributed by atoms with Crippen LogP contribution in [0.2, 0.25) is 0 Å². The van der Waals surface area contributed by atoms with Crippen LogP contribution in [0.3, 0.4) is 0 Å². The van der Waals surface area contributed by atoms with Gasteiger partial charge in [0.05, 0.1) is 10.7 Å². The maximum absolute atomic E-state index is 13.0. The molecular weight excluding hydrogens is 209 g/mol. The monoisotopic (exact) mass is 221 g/mol. The Hall–Kier alpha value is -1.22. The number of halogens is 1. The smallest absolute Gasteiger partial charge is 0.123 e. The molecule has 0 atom stereocenters. The van der Waals surface area contributed by atoms with Crippen LogP contribution in [0.5, 0.6) is 0 Å². The lowest BCUT2D eigenvalue weighted by Crippen LogP contribution is -1.83. The number of thiazole rings is 1. The van der Waals surface area contributed by atoms with E-state index in [-0.39, 0.29) is 5.82 Å². The molecule has 0 radical (unpaired) electrons. The Labute approximate surface area is 92.6 Å². The van der Waals surface area contributed by atoms with Crippen molar-refractivity contribution in [2.75, 3.05) is 0 Å². The van der Waals surface area contributed by atoms with Crippen LogP contribution in [0.15, 0.2) is 29.6 Å². The van der Waals surface area contributed by atoms with E-state index >= 15 is 0 Å². The predicted octanol–water partition coefficient (Wildman–Crippen LogP) is 3.90. The number of hydrogen-bond acceptors (Lipinski definition) is 2. The van der Waals surface area contributed by atoms with Crippen LogP contribution in [0.25, 0.3) is 11.3 Å². The van der Waals surface area contributed by atoms with Gasteiger partial charge in [-0.25, -0.2) is 9.37 Å². The first kappa shape index (κ1) is 10.3. The van der Waals surface area contributed by atoms with Crippen molar-refractivity contribution >= 4 is 11.3 Å². The Morgan fingerprint density at radius 2 is 2.27 bits per heavy atom. The first-order chi connectivity index (χ1) is 7.29. The molecule has 2 aromatic rings. The van der Waals surface area contributed by atoms with Gasteiger partial charge in [0, 0.05) is 10.9 Å². The highest BCUT2D eigenvalue weighted by molar-refractivity contribution is 7.09. The number of benzene rings is 1. The fraction of sp³-hybridized carbons (Fsp3) is 0.250. The first-order valence-electron chi connectivity index (χ1n) is 5.00. The van der Waals surface area contributed by atoms with Crippen molar-refractivity contribution in [1.82, 2.24) is 4.98 Å². The standard InChI is InChI=1S/C12H12FNS/c1-2-4-12-14-11(8-15-12)9-5-3-6-10(13)7-9/h3,5-8H,2,4H2,1H3. The van der Waals surface area contributed by atoms with E-state index in [1.807, 2.05) is 11.4 Å². The number of rotatable bonds is 3. The van der Waals surface area contributed by atoms with E-state index in [4.69, 9.17) is 0 Å². The lowest BCUT2D eigenvalue weighted by Gasteiger charge is -1.95. The van der Waals surface area contributed by atoms with Gasteiger partial charge >= 0.3 is 0 Å². The highest BCUT2D eigenvalue weighted by atomic mass is 32.1. The van der Waals surface area contributed by atoms with E-state index < -0.39 is 0 Å². The van der Waals surface area contributed by atoms with E-state index in [0.717, 1.165) is 29.1 Å². The van der Waals surface area contributed by atoms with Gasteiger partial charge in [-0.05, 0) is 25.0 Å². The zero-order valence-electron chi connectivity index (χ0n) is 8.53. The molecule has 1 aromatic heterocycles. The third-order valence-corrected chi connectivity index (χ3v) is 3.04. The highest BCUT2D eigenvalue weighted by Gasteiger charge is 2.04. The Kier molecular flexibility index (Phi) is 3.11. The second-order valence-corrected chi connectivity index (χ2v) is 4.33. The van der Waals surface area contributed by atoms with E-state index in [1.165, 1.54) is 12.1 Å². The summed E-state index contributed by atoms with van der Waals surface area (Å²) in [6, 6.07) is 6.56. The summed E-state index contributed by atoms with van der Waals surface area (Å²) in [5, 5.41) is 3.11. The Balaban J connectivity index is 2.29. The average Bonchev–Trinajstić information content (AvgIpc) is 2.67. The largest absolute Gasteiger partial charge is 0.241 e. The molecule has 0 aliphatic carbocycles. The molecule has 15 heavy (non-hydrogen) atoms. The molecule has 0 bridgehead atoms. The molecule has 3 heteroatoms. The summed E-state index contributed by atoms with van der Waals surface area (Å²) < 4.78 is 13.0. The summed E-state index contributed by atoms with van der Waals surface area (Å²) >= 11 is 1.64. The van der Waals surface area contributed by atoms with E-state index in [0.29, 0.717) is 0 Å². The third-order valence-electron chi connectivity index (χ3n) is 2.14. The number of nitrogens with zero attached hydrogens (tertiary/aromatic N) is 1. The normalized spacial score (nSPS) is 10.5. The minimum atomic E-state index is -0.211. The Morgan fingerprint density at radius 1 is 1.40 bits per heavy atom. The molecule has 1 aromatic carbocycles. The van der Waals surface area contributed by atoms with E-state index in [1.54, 1.807) is 17.4 Å². The average molecular weight is 221 g/mol. The minimum Gasteiger partial charge on any atom is -0.241 e. The van der Waals surface area contributed by atoms with Crippen LogP contribution in [-0.4, -0.2) is 4.98 Å². The topological polar surface area (TPSA) is 12.9 Å². The van der Waals surface area contributed by atoms with Gasteiger partial charge < -0.3 is 0 Å². The minimum absolute atomic E-state index is 0.211. The van der Waals surface area contributed by atoms with Crippen LogP contribution in [0, 0.1) is 5.82 Å². The molecule has 2 rings (SSSR count). The molecule has 0 amide bonds. The second-order valence-electron chi connectivity index (χ2n) is 3.39. The fourth-order valence-electron chi connectivity index (χ4n) is 1.42. The number of aryl methyl sites for hydroxylation is 1. The second kappa shape index (κ2) is 4.53. The summed E-state index contributed by atoms with van der Waals surface area (Å²) in [7, 11) is 0. The SMILES string of the molecule is CCCc1nc(-c2cccc(F)c2)cs1. The molecule has 0 fully saturated rings. The van der Waals surface area contributed by atoms with Crippen LogP contribution in [0.4, 0.5) is 4.39 Å². The van der Waals surface area contributed by atoms with Crippen LogP contribution < -0.4 is 0 Å². The van der Waals surface area contributed by atoms with Gasteiger partial charge in [0.2, 0.25) is 0 Å². The lowest BCUT2D eigenvalue weighted by molar-refractivity contribution is 0.628. The summed E-state index contributed by atoms with van der Waals surface area (Å²) in [5.41, 5.74) is 1.73. The van der Waals surface area contributed by atoms with Crippen LogP contribution in [0.1, 0.15) is 18.4 Å². The van der Waals surface area contributed by atoms with Gasteiger partial charge in [0.15, 0.2) is 0 Å². The molecule has 0 saturated heterocycles. The predicted molar refractivity (Wildman–Crippen MR) is 61.5 cm³/mol. The molecule has 0 aliphatic heterocycles. The van der Waals surface area contributed by atoms with Gasteiger partial charge in [0.1, 0.15) is 5.82 Å². The van der Waals surface area contributed by atoms with Crippen molar-refractivity contribution in [2.45, 2.75) is 19.8 Å². The van der Waals surface area contributed by atoms with Crippen LogP contribution >= 0.6 is 11.3 Å². The molecule has 0 aliphatic rings. The fourth-order valence-corrected chi connectivity index (χ4v) is 2.33. The zero-order chi connectivity index (χ0) is 10.7. The van der Waals surface area contributed by atoms with Crippen molar-refractivity contribution in [2.24, 2.45) is 0 Å². The molecule has 1 heterocycles. The van der Waals surface area contributed by atoms with Crippen molar-refractivity contribution in [3.8, 4) is 11.3 Å². The lowest BCUT2D eigenvalue weighted by atomic mass is 10.2. The van der Waals surface area contributed by atoms with Crippen LogP contribution in [-0.2, 0) is 6.42 Å². The summed E-state index contributed by atoms with van der Waals surface area (Å²) in [4.78, 5) is 4.46. The van der Waals surface area contributed by atoms with Crippen molar-refractivity contribution in [3.05, 3.63) is 40.5 Å². The molecule has 1 nitrogen and oxygen atoms in total. The van der Waals surface area contributed by atoms with Gasteiger partial charge in [-0.3, -0.25) is 0 Å². The molecule has 0 saturated carbocycles. The third kappa shape index (κ3) is 2.42. The molecule has 0 spiro atoms. The molecule has 78 valence electrons. The number of hydrogen-bond donors (Lipinski definition) is 0. The number of aromatic nitrogens is 1. The van der Waals surface area contributed by atoms with Crippen molar-refractivity contribution in [1.29, 1.82) is 0 Å². The van der Waals surface area contributed by atoms with Crippen molar-refractivity contribution < 1.29 is 4.39 Å². The van der Waals surface area contributed by atoms with Crippen molar-refractivity contribution in [3.63, 3.8) is 0 Å². The maximum atomic E-state index is 13.0. The maximum Gasteiger partial charge on any atom is 0.123 e. The first-order valence-corrected chi connectivity index (χ1v) is 5.88. The van der Waals surface area contributed by atoms with Gasteiger partial charge in [-0.1, -0.05) is 19.1 Å².